The molecular formula is C28H31Cl2N3O2. The summed E-state index contributed by atoms with van der Waals surface area (Å²) in [6, 6.07) is 16.3. The zero-order chi connectivity index (χ0) is 24.4. The van der Waals surface area contributed by atoms with E-state index in [1.807, 2.05) is 54.5 Å². The lowest BCUT2D eigenvalue weighted by atomic mass is 9.86. The van der Waals surface area contributed by atoms with Crippen molar-refractivity contribution in [1.82, 2.24) is 14.8 Å². The number of carbonyl (C=O) groups is 1. The number of hydrogen-bond donors (Lipinski definition) is 0. The topological polar surface area (TPSA) is 45.7 Å². The van der Waals surface area contributed by atoms with Crippen molar-refractivity contribution in [2.45, 2.75) is 37.8 Å². The first-order valence-corrected chi connectivity index (χ1v) is 13.1. The molecule has 184 valence electrons. The molecule has 0 aliphatic carbocycles. The number of nitrogens with zero attached hydrogens (tertiary/aromatic N) is 3. The van der Waals surface area contributed by atoms with Gasteiger partial charge in [0.15, 0.2) is 0 Å². The average molecular weight is 512 g/mol. The molecule has 7 heteroatoms. The predicted octanol–water partition coefficient (Wildman–Crippen LogP) is 5.73. The Bertz CT molecular complexity index is 1200. The third kappa shape index (κ3) is 5.49. The Hall–Kier alpha value is -2.18. The average Bonchev–Trinajstić information content (AvgIpc) is 2.90. The fourth-order valence-corrected chi connectivity index (χ4v) is 5.92. The van der Waals surface area contributed by atoms with E-state index in [1.165, 1.54) is 5.56 Å². The molecule has 35 heavy (non-hydrogen) atoms. The molecule has 3 aromatic rings. The van der Waals surface area contributed by atoms with Crippen LogP contribution < -0.4 is 0 Å². The number of carbonyl (C=O) groups excluding carboxylic acids is 1. The summed E-state index contributed by atoms with van der Waals surface area (Å²) in [5.41, 5.74) is 2.79. The minimum absolute atomic E-state index is 0.0804. The maximum absolute atomic E-state index is 13.1. The quantitative estimate of drug-likeness (QED) is 0.439. The van der Waals surface area contributed by atoms with E-state index in [2.05, 4.69) is 16.0 Å². The van der Waals surface area contributed by atoms with E-state index in [0.29, 0.717) is 27.6 Å². The van der Waals surface area contributed by atoms with E-state index in [0.717, 1.165) is 62.8 Å². The van der Waals surface area contributed by atoms with Crippen LogP contribution in [0.1, 0.15) is 35.2 Å². The second kappa shape index (κ2) is 10.8. The molecule has 0 N–H and O–H groups in total. The van der Waals surface area contributed by atoms with Gasteiger partial charge in [-0.25, -0.2) is 0 Å². The van der Waals surface area contributed by atoms with Gasteiger partial charge < -0.3 is 9.64 Å². The van der Waals surface area contributed by atoms with Gasteiger partial charge in [-0.05, 0) is 68.0 Å². The number of piperidine rings is 2. The number of halogens is 2. The van der Waals surface area contributed by atoms with E-state index in [9.17, 15) is 4.79 Å². The number of rotatable bonds is 5. The molecule has 2 aliphatic rings. The molecule has 2 aliphatic heterocycles. The highest BCUT2D eigenvalue weighted by atomic mass is 35.5. The maximum atomic E-state index is 13.1. The third-order valence-corrected chi connectivity index (χ3v) is 8.36. The highest BCUT2D eigenvalue weighted by Gasteiger charge is 2.35. The molecule has 0 radical (unpaired) electrons. The largest absolute Gasteiger partial charge is 0.380 e. The molecule has 1 aromatic heterocycles. The van der Waals surface area contributed by atoms with Crippen LogP contribution in [-0.4, -0.2) is 66.1 Å². The summed E-state index contributed by atoms with van der Waals surface area (Å²) >= 11 is 12.3. The molecule has 3 heterocycles. The lowest BCUT2D eigenvalue weighted by Crippen LogP contribution is -2.53. The number of pyridine rings is 1. The van der Waals surface area contributed by atoms with Crippen molar-refractivity contribution in [3.63, 3.8) is 0 Å². The smallest absolute Gasteiger partial charge is 0.255 e. The number of hydrogen-bond acceptors (Lipinski definition) is 4. The molecule has 2 aromatic carbocycles. The third-order valence-electron chi connectivity index (χ3n) is 7.62. The first-order valence-electron chi connectivity index (χ1n) is 12.4. The lowest BCUT2D eigenvalue weighted by molar-refractivity contribution is -0.0325. The standard InChI is InChI=1S/C28H31Cl2N3O2/c1-35-27-18-33(11-8-21(27)14-19-6-7-24(29)25(30)15-19)23-9-12-32(13-10-23)28(34)22-16-20-4-2-3-5-26(20)31-17-22/h2-7,15-17,21,23,27H,8-14,18H2,1H3/t21?,27-/m1/s1. The second-order valence-electron chi connectivity index (χ2n) is 9.71. The van der Waals surface area contributed by atoms with Crippen LogP contribution in [0.25, 0.3) is 10.9 Å². The van der Waals surface area contributed by atoms with E-state index in [1.54, 1.807) is 6.20 Å². The van der Waals surface area contributed by atoms with E-state index in [4.69, 9.17) is 27.9 Å². The minimum Gasteiger partial charge on any atom is -0.380 e. The maximum Gasteiger partial charge on any atom is 0.255 e. The SMILES string of the molecule is CO[C@@H]1CN(C2CCN(C(=O)c3cnc4ccccc4c3)CC2)CCC1Cc1ccc(Cl)c(Cl)c1. The molecule has 0 bridgehead atoms. The molecule has 1 unspecified atom stereocenters. The van der Waals surface area contributed by atoms with Crippen molar-refractivity contribution < 1.29 is 9.53 Å². The number of benzene rings is 2. The molecule has 2 atom stereocenters. The van der Waals surface area contributed by atoms with Crippen LogP contribution >= 0.6 is 23.2 Å². The Morgan fingerprint density at radius 1 is 1.03 bits per heavy atom. The zero-order valence-electron chi connectivity index (χ0n) is 20.0. The van der Waals surface area contributed by atoms with Crippen molar-refractivity contribution in [2.75, 3.05) is 33.3 Å². The summed E-state index contributed by atoms with van der Waals surface area (Å²) in [5, 5.41) is 2.20. The Morgan fingerprint density at radius 3 is 2.60 bits per heavy atom. The van der Waals surface area contributed by atoms with E-state index >= 15 is 0 Å². The molecular weight excluding hydrogens is 481 g/mol. The van der Waals surface area contributed by atoms with Gasteiger partial charge >= 0.3 is 0 Å². The van der Waals surface area contributed by atoms with Gasteiger partial charge in [0.2, 0.25) is 0 Å². The summed E-state index contributed by atoms with van der Waals surface area (Å²) in [7, 11) is 1.81. The molecule has 2 saturated heterocycles. The molecule has 5 nitrogen and oxygen atoms in total. The second-order valence-corrected chi connectivity index (χ2v) is 10.5. The van der Waals surface area contributed by atoms with Crippen LogP contribution in [0.5, 0.6) is 0 Å². The number of amides is 1. The number of aromatic nitrogens is 1. The van der Waals surface area contributed by atoms with Crippen molar-refractivity contribution in [3.8, 4) is 0 Å². The summed E-state index contributed by atoms with van der Waals surface area (Å²) < 4.78 is 5.93. The van der Waals surface area contributed by atoms with Crippen molar-refractivity contribution in [1.29, 1.82) is 0 Å². The Morgan fingerprint density at radius 2 is 1.83 bits per heavy atom. The van der Waals surface area contributed by atoms with Crippen LogP contribution in [0, 0.1) is 5.92 Å². The van der Waals surface area contributed by atoms with E-state index < -0.39 is 0 Å². The highest BCUT2D eigenvalue weighted by molar-refractivity contribution is 6.42. The van der Waals surface area contributed by atoms with Gasteiger partial charge in [-0.1, -0.05) is 47.5 Å². The van der Waals surface area contributed by atoms with Crippen LogP contribution in [0.2, 0.25) is 10.0 Å². The molecule has 5 rings (SSSR count). The zero-order valence-corrected chi connectivity index (χ0v) is 21.5. The monoisotopic (exact) mass is 511 g/mol. The van der Waals surface area contributed by atoms with Crippen molar-refractivity contribution in [3.05, 3.63) is 75.9 Å². The molecule has 0 spiro atoms. The van der Waals surface area contributed by atoms with Crippen LogP contribution in [0.3, 0.4) is 0 Å². The van der Waals surface area contributed by atoms with Crippen LogP contribution in [0.4, 0.5) is 0 Å². The molecule has 0 saturated carbocycles. The highest BCUT2D eigenvalue weighted by Crippen LogP contribution is 2.30. The lowest BCUT2D eigenvalue weighted by Gasteiger charge is -2.44. The Balaban J connectivity index is 1.16. The van der Waals surface area contributed by atoms with Gasteiger partial charge in [-0.15, -0.1) is 0 Å². The van der Waals surface area contributed by atoms with Crippen molar-refractivity contribution >= 4 is 40.0 Å². The molecule has 2 fully saturated rings. The van der Waals surface area contributed by atoms with Gasteiger partial charge in [-0.3, -0.25) is 14.7 Å². The van der Waals surface area contributed by atoms with Crippen LogP contribution in [-0.2, 0) is 11.2 Å². The fourth-order valence-electron chi connectivity index (χ4n) is 5.60. The van der Waals surface area contributed by atoms with Gasteiger partial charge in [0.05, 0.1) is 27.2 Å². The number of para-hydroxylation sites is 1. The summed E-state index contributed by atoms with van der Waals surface area (Å²) in [4.78, 5) is 22.1. The van der Waals surface area contributed by atoms with E-state index in [-0.39, 0.29) is 12.0 Å². The van der Waals surface area contributed by atoms with Gasteiger partial charge in [0.1, 0.15) is 0 Å². The van der Waals surface area contributed by atoms with Gasteiger partial charge in [-0.2, -0.15) is 0 Å². The predicted molar refractivity (Wildman–Crippen MR) is 141 cm³/mol. The van der Waals surface area contributed by atoms with Crippen molar-refractivity contribution in [2.24, 2.45) is 5.92 Å². The normalized spacial score (nSPS) is 22.0. The van der Waals surface area contributed by atoms with Gasteiger partial charge in [0.25, 0.3) is 5.91 Å². The number of fused-ring (bicyclic) bond motifs is 1. The van der Waals surface area contributed by atoms with Crippen LogP contribution in [0.15, 0.2) is 54.7 Å². The fraction of sp³-hybridized carbons (Fsp3) is 0.429. The Kier molecular flexibility index (Phi) is 7.59. The summed E-state index contributed by atoms with van der Waals surface area (Å²) in [6.45, 7) is 3.53. The first kappa shape index (κ1) is 24.5. The van der Waals surface area contributed by atoms with Gasteiger partial charge in [0, 0.05) is 44.4 Å². The number of likely N-dealkylation sites (tertiary alicyclic amines) is 2. The molecule has 1 amide bonds. The number of methoxy groups -OCH3 is 1. The first-order chi connectivity index (χ1) is 17.0. The number of ether oxygens (including phenoxy) is 1. The minimum atomic E-state index is 0.0804. The Labute approximate surface area is 217 Å². The summed E-state index contributed by atoms with van der Waals surface area (Å²) in [5.74, 6) is 0.535. The summed E-state index contributed by atoms with van der Waals surface area (Å²) in [6.07, 6.45) is 5.89.